The molecule has 2 aromatic carbocycles. The Hall–Kier alpha value is -3.61. The van der Waals surface area contributed by atoms with E-state index in [-0.39, 0.29) is 11.9 Å². The van der Waals surface area contributed by atoms with Crippen LogP contribution in [0.25, 0.3) is 0 Å². The molecule has 7 nitrogen and oxygen atoms in total. The molecule has 1 heterocycles. The summed E-state index contributed by atoms with van der Waals surface area (Å²) >= 11 is 0. The van der Waals surface area contributed by atoms with Gasteiger partial charge in [0, 0.05) is 11.3 Å². The Morgan fingerprint density at radius 3 is 2.23 bits per heavy atom. The lowest BCUT2D eigenvalue weighted by molar-refractivity contribution is 0.102. The van der Waals surface area contributed by atoms with Gasteiger partial charge in [-0.05, 0) is 30.3 Å². The number of aromatic nitrogens is 2. The van der Waals surface area contributed by atoms with Crippen LogP contribution >= 0.6 is 0 Å². The van der Waals surface area contributed by atoms with Crippen molar-refractivity contribution in [3.8, 4) is 23.5 Å². The molecular formula is C19H17N3O4. The minimum Gasteiger partial charge on any atom is -0.481 e. The van der Waals surface area contributed by atoms with E-state index in [9.17, 15) is 4.79 Å². The van der Waals surface area contributed by atoms with Crippen LogP contribution in [0.1, 0.15) is 10.4 Å². The third kappa shape index (κ3) is 4.27. The molecule has 26 heavy (non-hydrogen) atoms. The summed E-state index contributed by atoms with van der Waals surface area (Å²) in [6.45, 7) is 0. The quantitative estimate of drug-likeness (QED) is 0.731. The molecule has 0 aliphatic heterocycles. The Morgan fingerprint density at radius 2 is 1.58 bits per heavy atom. The second-order valence-corrected chi connectivity index (χ2v) is 5.19. The van der Waals surface area contributed by atoms with Crippen LogP contribution in [-0.2, 0) is 0 Å². The number of ether oxygens (including phenoxy) is 3. The van der Waals surface area contributed by atoms with Crippen LogP contribution in [0.3, 0.4) is 0 Å². The van der Waals surface area contributed by atoms with Crippen molar-refractivity contribution >= 4 is 11.6 Å². The molecule has 3 aromatic rings. The van der Waals surface area contributed by atoms with Gasteiger partial charge in [-0.25, -0.2) is 0 Å². The number of rotatable bonds is 6. The predicted octanol–water partition coefficient (Wildman–Crippen LogP) is 3.54. The SMILES string of the molecule is COc1cc(OC)nc(Oc2cccc(C(=O)Nc3ccccc3)c2)n1. The van der Waals surface area contributed by atoms with E-state index in [4.69, 9.17) is 14.2 Å². The molecule has 0 fully saturated rings. The fraction of sp³-hybridized carbons (Fsp3) is 0.105. The van der Waals surface area contributed by atoms with Gasteiger partial charge in [0.05, 0.1) is 20.3 Å². The van der Waals surface area contributed by atoms with Crippen LogP contribution in [0, 0.1) is 0 Å². The van der Waals surface area contributed by atoms with Gasteiger partial charge in [-0.1, -0.05) is 24.3 Å². The zero-order chi connectivity index (χ0) is 18.4. The number of para-hydroxylation sites is 1. The van der Waals surface area contributed by atoms with E-state index in [0.29, 0.717) is 28.8 Å². The first kappa shape index (κ1) is 17.2. The van der Waals surface area contributed by atoms with Crippen molar-refractivity contribution < 1.29 is 19.0 Å². The van der Waals surface area contributed by atoms with Crippen molar-refractivity contribution in [1.82, 2.24) is 9.97 Å². The highest BCUT2D eigenvalue weighted by atomic mass is 16.5. The van der Waals surface area contributed by atoms with Gasteiger partial charge in [-0.15, -0.1) is 0 Å². The van der Waals surface area contributed by atoms with E-state index >= 15 is 0 Å². The number of amides is 1. The minimum absolute atomic E-state index is 0.0572. The first-order chi connectivity index (χ1) is 12.7. The van der Waals surface area contributed by atoms with Crippen LogP contribution in [0.15, 0.2) is 60.7 Å². The van der Waals surface area contributed by atoms with Crippen LogP contribution in [0.5, 0.6) is 23.5 Å². The second kappa shape index (κ2) is 7.98. The second-order valence-electron chi connectivity index (χ2n) is 5.19. The van der Waals surface area contributed by atoms with Gasteiger partial charge in [0.1, 0.15) is 5.75 Å². The average Bonchev–Trinajstić information content (AvgIpc) is 2.68. The summed E-state index contributed by atoms with van der Waals surface area (Å²) < 4.78 is 15.8. The molecule has 0 aliphatic carbocycles. The average molecular weight is 351 g/mol. The number of carbonyl (C=O) groups excluding carboxylic acids is 1. The van der Waals surface area contributed by atoms with Crippen LogP contribution < -0.4 is 19.5 Å². The van der Waals surface area contributed by atoms with E-state index in [2.05, 4.69) is 15.3 Å². The number of carbonyl (C=O) groups is 1. The number of nitrogens with zero attached hydrogens (tertiary/aromatic N) is 2. The molecule has 0 spiro atoms. The Bertz CT molecular complexity index is 878. The van der Waals surface area contributed by atoms with Crippen LogP contribution in [0.2, 0.25) is 0 Å². The summed E-state index contributed by atoms with van der Waals surface area (Å²) in [5, 5.41) is 2.82. The first-order valence-electron chi connectivity index (χ1n) is 7.79. The van der Waals surface area contributed by atoms with Gasteiger partial charge < -0.3 is 19.5 Å². The van der Waals surface area contributed by atoms with Gasteiger partial charge in [0.25, 0.3) is 5.91 Å². The highest BCUT2D eigenvalue weighted by Crippen LogP contribution is 2.24. The zero-order valence-electron chi connectivity index (χ0n) is 14.3. The van der Waals surface area contributed by atoms with Crippen molar-refractivity contribution in [1.29, 1.82) is 0 Å². The summed E-state index contributed by atoms with van der Waals surface area (Å²) in [6, 6.07) is 17.5. The molecule has 0 aliphatic rings. The number of anilines is 1. The van der Waals surface area contributed by atoms with Gasteiger partial charge in [0.2, 0.25) is 11.8 Å². The highest BCUT2D eigenvalue weighted by molar-refractivity contribution is 6.04. The lowest BCUT2D eigenvalue weighted by Gasteiger charge is -2.09. The van der Waals surface area contributed by atoms with E-state index < -0.39 is 0 Å². The maximum atomic E-state index is 12.4. The molecule has 3 rings (SSSR count). The molecule has 0 atom stereocenters. The molecule has 7 heteroatoms. The number of benzene rings is 2. The molecular weight excluding hydrogens is 334 g/mol. The summed E-state index contributed by atoms with van der Waals surface area (Å²) in [6.07, 6.45) is 0. The number of methoxy groups -OCH3 is 2. The smallest absolute Gasteiger partial charge is 0.328 e. The van der Waals surface area contributed by atoms with Crippen molar-refractivity contribution in [2.24, 2.45) is 0 Å². The maximum absolute atomic E-state index is 12.4. The van der Waals surface area contributed by atoms with E-state index in [1.54, 1.807) is 24.3 Å². The van der Waals surface area contributed by atoms with Crippen molar-refractivity contribution in [3.63, 3.8) is 0 Å². The molecule has 1 aromatic heterocycles. The number of nitrogens with one attached hydrogen (secondary N) is 1. The third-order valence-corrected chi connectivity index (χ3v) is 3.41. The number of hydrogen-bond acceptors (Lipinski definition) is 6. The van der Waals surface area contributed by atoms with E-state index in [1.807, 2.05) is 30.3 Å². The Labute approximate surface area is 150 Å². The summed E-state index contributed by atoms with van der Waals surface area (Å²) in [4.78, 5) is 20.6. The summed E-state index contributed by atoms with van der Waals surface area (Å²) in [7, 11) is 2.97. The van der Waals surface area contributed by atoms with Crippen molar-refractivity contribution in [2.75, 3.05) is 19.5 Å². The molecule has 132 valence electrons. The molecule has 0 saturated heterocycles. The lowest BCUT2D eigenvalue weighted by atomic mass is 10.2. The Balaban J connectivity index is 1.78. The summed E-state index contributed by atoms with van der Waals surface area (Å²) in [5.41, 5.74) is 1.16. The predicted molar refractivity (Wildman–Crippen MR) is 96.0 cm³/mol. The van der Waals surface area contributed by atoms with Gasteiger partial charge in [-0.3, -0.25) is 4.79 Å². The van der Waals surface area contributed by atoms with Gasteiger partial charge in [0.15, 0.2) is 0 Å². The summed E-state index contributed by atoms with van der Waals surface area (Å²) in [5.74, 6) is 0.793. The van der Waals surface area contributed by atoms with Gasteiger partial charge in [-0.2, -0.15) is 9.97 Å². The fourth-order valence-corrected chi connectivity index (χ4v) is 2.17. The highest BCUT2D eigenvalue weighted by Gasteiger charge is 2.11. The maximum Gasteiger partial charge on any atom is 0.328 e. The van der Waals surface area contributed by atoms with Crippen LogP contribution in [0.4, 0.5) is 5.69 Å². The van der Waals surface area contributed by atoms with Crippen molar-refractivity contribution in [2.45, 2.75) is 0 Å². The van der Waals surface area contributed by atoms with Crippen LogP contribution in [-0.4, -0.2) is 30.1 Å². The van der Waals surface area contributed by atoms with E-state index in [1.165, 1.54) is 20.3 Å². The normalized spacial score (nSPS) is 10.1. The molecule has 0 bridgehead atoms. The largest absolute Gasteiger partial charge is 0.481 e. The number of hydrogen-bond donors (Lipinski definition) is 1. The Morgan fingerprint density at radius 1 is 0.885 bits per heavy atom. The zero-order valence-corrected chi connectivity index (χ0v) is 14.3. The molecule has 1 N–H and O–H groups in total. The van der Waals surface area contributed by atoms with Gasteiger partial charge >= 0.3 is 6.01 Å². The van der Waals surface area contributed by atoms with Crippen molar-refractivity contribution in [3.05, 3.63) is 66.2 Å². The molecule has 1 amide bonds. The van der Waals surface area contributed by atoms with E-state index in [0.717, 1.165) is 0 Å². The fourth-order valence-electron chi connectivity index (χ4n) is 2.17. The minimum atomic E-state index is -0.245. The molecule has 0 saturated carbocycles. The molecule has 0 unspecified atom stereocenters. The third-order valence-electron chi connectivity index (χ3n) is 3.41. The monoisotopic (exact) mass is 351 g/mol. The molecule has 0 radical (unpaired) electrons. The topological polar surface area (TPSA) is 82.6 Å². The lowest BCUT2D eigenvalue weighted by Crippen LogP contribution is -2.11. The standard InChI is InChI=1S/C19H17N3O4/c1-24-16-12-17(25-2)22-19(21-16)26-15-10-6-7-13(11-15)18(23)20-14-8-4-3-5-9-14/h3-12H,1-2H3,(H,20,23). The Kier molecular flexibility index (Phi) is 5.28. The first-order valence-corrected chi connectivity index (χ1v) is 7.79.